The number of carboxylic acids is 1. The molecule has 0 spiro atoms. The summed E-state index contributed by atoms with van der Waals surface area (Å²) >= 11 is 0. The van der Waals surface area contributed by atoms with E-state index in [1.807, 2.05) is 19.1 Å². The third-order valence-electron chi connectivity index (χ3n) is 2.80. The largest absolute Gasteiger partial charge is 0.478 e. The highest BCUT2D eigenvalue weighted by molar-refractivity contribution is 5.92. The molecule has 1 aliphatic rings. The highest BCUT2D eigenvalue weighted by atomic mass is 16.4. The molecule has 0 atom stereocenters. The maximum atomic E-state index is 10.9. The first-order valence-electron chi connectivity index (χ1n) is 5.60. The molecule has 1 aromatic rings. The van der Waals surface area contributed by atoms with Crippen LogP contribution in [0.25, 0.3) is 6.08 Å². The van der Waals surface area contributed by atoms with Crippen LogP contribution in [-0.2, 0) is 4.79 Å². The normalized spacial score (nSPS) is 16.2. The fraction of sp³-hybridized carbons (Fsp3) is 0.385. The number of carbonyl (C=O) groups is 1. The van der Waals surface area contributed by atoms with Gasteiger partial charge in [0.2, 0.25) is 0 Å². The van der Waals surface area contributed by atoms with Crippen LogP contribution in [0, 0.1) is 0 Å². The van der Waals surface area contributed by atoms with Gasteiger partial charge in [-0.15, -0.1) is 0 Å². The molecule has 0 amide bonds. The standard InChI is InChI=1S/C13H15NO2/c1-2-10(13(15)16)7-9-5-6-14-12(8-9)11-3-4-11/h5-8,11H,2-4H2,1H3,(H,15,16)/b10-7+. The topological polar surface area (TPSA) is 50.2 Å². The van der Waals surface area contributed by atoms with Crippen LogP contribution >= 0.6 is 0 Å². The molecule has 1 N–H and O–H groups in total. The molecular formula is C13H15NO2. The predicted molar refractivity (Wildman–Crippen MR) is 62.1 cm³/mol. The van der Waals surface area contributed by atoms with E-state index < -0.39 is 5.97 Å². The van der Waals surface area contributed by atoms with Gasteiger partial charge in [-0.25, -0.2) is 4.79 Å². The molecule has 3 nitrogen and oxygen atoms in total. The molecule has 0 unspecified atom stereocenters. The highest BCUT2D eigenvalue weighted by Crippen LogP contribution is 2.39. The average molecular weight is 217 g/mol. The van der Waals surface area contributed by atoms with E-state index in [4.69, 9.17) is 5.11 Å². The number of aliphatic carboxylic acids is 1. The number of hydrogen-bond donors (Lipinski definition) is 1. The summed E-state index contributed by atoms with van der Waals surface area (Å²) in [5.41, 5.74) is 2.47. The van der Waals surface area contributed by atoms with Gasteiger partial charge >= 0.3 is 5.97 Å². The van der Waals surface area contributed by atoms with Crippen molar-refractivity contribution < 1.29 is 9.90 Å². The van der Waals surface area contributed by atoms with Gasteiger partial charge in [0.25, 0.3) is 0 Å². The van der Waals surface area contributed by atoms with Crippen LogP contribution in [0.1, 0.15) is 43.4 Å². The molecule has 0 saturated heterocycles. The maximum absolute atomic E-state index is 10.9. The highest BCUT2D eigenvalue weighted by Gasteiger charge is 2.24. The summed E-state index contributed by atoms with van der Waals surface area (Å²) in [6, 6.07) is 3.85. The van der Waals surface area contributed by atoms with Crippen molar-refractivity contribution in [1.82, 2.24) is 4.98 Å². The Kier molecular flexibility index (Phi) is 3.04. The third-order valence-corrected chi connectivity index (χ3v) is 2.80. The van der Waals surface area contributed by atoms with Gasteiger partial charge in [0, 0.05) is 23.4 Å². The molecule has 1 fully saturated rings. The number of pyridine rings is 1. The first kappa shape index (κ1) is 10.9. The minimum Gasteiger partial charge on any atom is -0.478 e. The lowest BCUT2D eigenvalue weighted by atomic mass is 10.1. The fourth-order valence-corrected chi connectivity index (χ4v) is 1.67. The lowest BCUT2D eigenvalue weighted by Crippen LogP contribution is -1.99. The lowest BCUT2D eigenvalue weighted by Gasteiger charge is -2.01. The van der Waals surface area contributed by atoms with E-state index in [9.17, 15) is 4.79 Å². The molecule has 0 aliphatic heterocycles. The van der Waals surface area contributed by atoms with Crippen molar-refractivity contribution in [2.24, 2.45) is 0 Å². The summed E-state index contributed by atoms with van der Waals surface area (Å²) in [5.74, 6) is -0.240. The van der Waals surface area contributed by atoms with Crippen LogP contribution in [-0.4, -0.2) is 16.1 Å². The molecule has 0 radical (unpaired) electrons. The van der Waals surface area contributed by atoms with Crippen LogP contribution in [0.4, 0.5) is 0 Å². The van der Waals surface area contributed by atoms with Gasteiger partial charge in [0.15, 0.2) is 0 Å². The molecule has 0 bridgehead atoms. The molecule has 1 saturated carbocycles. The fourth-order valence-electron chi connectivity index (χ4n) is 1.67. The Balaban J connectivity index is 2.25. The average Bonchev–Trinajstić information content (AvgIpc) is 3.09. The van der Waals surface area contributed by atoms with Crippen molar-refractivity contribution >= 4 is 12.0 Å². The van der Waals surface area contributed by atoms with E-state index in [1.165, 1.54) is 12.8 Å². The van der Waals surface area contributed by atoms with E-state index in [0.717, 1.165) is 11.3 Å². The SMILES string of the molecule is CC/C(=C\c1ccnc(C2CC2)c1)C(=O)O. The minimum absolute atomic E-state index is 0.438. The predicted octanol–water partition coefficient (Wildman–Crippen LogP) is 2.84. The van der Waals surface area contributed by atoms with Gasteiger partial charge in [-0.05, 0) is 43.0 Å². The maximum Gasteiger partial charge on any atom is 0.331 e. The van der Waals surface area contributed by atoms with Crippen LogP contribution in [0.15, 0.2) is 23.9 Å². The van der Waals surface area contributed by atoms with Crippen LogP contribution in [0.2, 0.25) is 0 Å². The van der Waals surface area contributed by atoms with Crippen molar-refractivity contribution in [3.05, 3.63) is 35.2 Å². The Morgan fingerprint density at radius 2 is 2.38 bits per heavy atom. The van der Waals surface area contributed by atoms with Crippen molar-refractivity contribution in [2.45, 2.75) is 32.1 Å². The minimum atomic E-state index is -0.840. The summed E-state index contributed by atoms with van der Waals surface area (Å²) in [4.78, 5) is 15.2. The van der Waals surface area contributed by atoms with Crippen LogP contribution in [0.3, 0.4) is 0 Å². The smallest absolute Gasteiger partial charge is 0.331 e. The zero-order chi connectivity index (χ0) is 11.5. The number of aromatic nitrogens is 1. The third kappa shape index (κ3) is 2.48. The van der Waals surface area contributed by atoms with Gasteiger partial charge in [0.05, 0.1) is 0 Å². The van der Waals surface area contributed by atoms with Gasteiger partial charge in [-0.3, -0.25) is 4.98 Å². The second kappa shape index (κ2) is 4.47. The number of rotatable bonds is 4. The summed E-state index contributed by atoms with van der Waals surface area (Å²) in [6.07, 6.45) is 6.44. The zero-order valence-electron chi connectivity index (χ0n) is 9.31. The summed E-state index contributed by atoms with van der Waals surface area (Å²) < 4.78 is 0. The molecule has 2 rings (SSSR count). The second-order valence-corrected chi connectivity index (χ2v) is 4.12. The van der Waals surface area contributed by atoms with E-state index in [1.54, 1.807) is 12.3 Å². The molecule has 16 heavy (non-hydrogen) atoms. The summed E-state index contributed by atoms with van der Waals surface area (Å²) in [6.45, 7) is 1.85. The number of carboxylic acid groups (broad SMARTS) is 1. The van der Waals surface area contributed by atoms with Gasteiger partial charge in [-0.2, -0.15) is 0 Å². The Bertz CT molecular complexity index is 433. The van der Waals surface area contributed by atoms with E-state index in [2.05, 4.69) is 4.98 Å². The lowest BCUT2D eigenvalue weighted by molar-refractivity contribution is -0.132. The first-order valence-corrected chi connectivity index (χ1v) is 5.60. The molecule has 1 heterocycles. The van der Waals surface area contributed by atoms with Crippen molar-refractivity contribution in [3.63, 3.8) is 0 Å². The molecule has 0 aromatic carbocycles. The van der Waals surface area contributed by atoms with Crippen molar-refractivity contribution in [3.8, 4) is 0 Å². The summed E-state index contributed by atoms with van der Waals surface area (Å²) in [5, 5.41) is 8.94. The Labute approximate surface area is 94.8 Å². The number of nitrogens with zero attached hydrogens (tertiary/aromatic N) is 1. The van der Waals surface area contributed by atoms with Gasteiger partial charge < -0.3 is 5.11 Å². The van der Waals surface area contributed by atoms with Crippen LogP contribution in [0.5, 0.6) is 0 Å². The molecule has 1 aliphatic carbocycles. The van der Waals surface area contributed by atoms with E-state index in [0.29, 0.717) is 17.9 Å². The zero-order valence-corrected chi connectivity index (χ0v) is 9.31. The quantitative estimate of drug-likeness (QED) is 0.789. The second-order valence-electron chi connectivity index (χ2n) is 4.12. The van der Waals surface area contributed by atoms with Gasteiger partial charge in [0.1, 0.15) is 0 Å². The van der Waals surface area contributed by atoms with Crippen molar-refractivity contribution in [2.75, 3.05) is 0 Å². The Morgan fingerprint density at radius 1 is 1.62 bits per heavy atom. The molecule has 1 aromatic heterocycles. The van der Waals surface area contributed by atoms with Gasteiger partial charge in [-0.1, -0.05) is 6.92 Å². The molecule has 84 valence electrons. The van der Waals surface area contributed by atoms with E-state index >= 15 is 0 Å². The monoisotopic (exact) mass is 217 g/mol. The van der Waals surface area contributed by atoms with Crippen LogP contribution < -0.4 is 0 Å². The Hall–Kier alpha value is -1.64. The Morgan fingerprint density at radius 3 is 2.94 bits per heavy atom. The van der Waals surface area contributed by atoms with E-state index in [-0.39, 0.29) is 0 Å². The van der Waals surface area contributed by atoms with Crippen molar-refractivity contribution in [1.29, 1.82) is 0 Å². The number of hydrogen-bond acceptors (Lipinski definition) is 2. The summed E-state index contributed by atoms with van der Waals surface area (Å²) in [7, 11) is 0. The molecular weight excluding hydrogens is 202 g/mol. The molecule has 3 heteroatoms. The first-order chi connectivity index (χ1) is 7.70.